The van der Waals surface area contributed by atoms with Crippen molar-refractivity contribution in [2.45, 2.75) is 0 Å². The molecule has 1 aromatic heterocycles. The molecule has 0 aliphatic rings. The number of carbonyl (C=O) groups excluding carboxylic acids is 1. The topological polar surface area (TPSA) is 99.9 Å². The summed E-state index contributed by atoms with van der Waals surface area (Å²) in [6, 6.07) is 0. The summed E-state index contributed by atoms with van der Waals surface area (Å²) in [6.45, 7) is 1.32. The number of hydrogen-bond acceptors (Lipinski definition) is 5. The largest absolute Gasteiger partial charge is 0.380 e. The smallest absolute Gasteiger partial charge is 0.275 e. The van der Waals surface area contributed by atoms with Crippen molar-refractivity contribution in [1.29, 1.82) is 0 Å². The molecule has 0 saturated heterocycles. The Kier molecular flexibility index (Phi) is 3.41. The first kappa shape index (κ1) is 10.5. The lowest BCUT2D eigenvalue weighted by atomic mass is 10.4. The van der Waals surface area contributed by atoms with E-state index < -0.39 is 0 Å². The van der Waals surface area contributed by atoms with Gasteiger partial charge in [-0.05, 0) is 14.1 Å². The maximum atomic E-state index is 11.4. The highest BCUT2D eigenvalue weighted by Gasteiger charge is 2.12. The van der Waals surface area contributed by atoms with Crippen molar-refractivity contribution < 1.29 is 4.79 Å². The summed E-state index contributed by atoms with van der Waals surface area (Å²) in [4.78, 5) is 13.3. The minimum absolute atomic E-state index is 0.118. The molecule has 7 heteroatoms. The zero-order valence-corrected chi connectivity index (χ0v) is 8.24. The van der Waals surface area contributed by atoms with E-state index in [2.05, 4.69) is 20.7 Å². The molecule has 0 aromatic carbocycles. The van der Waals surface area contributed by atoms with Gasteiger partial charge in [0.25, 0.3) is 5.91 Å². The maximum Gasteiger partial charge on any atom is 0.275 e. The van der Waals surface area contributed by atoms with Gasteiger partial charge in [-0.3, -0.25) is 4.79 Å². The molecular formula is C7H14N6O. The molecule has 7 nitrogen and oxygen atoms in total. The first-order chi connectivity index (χ1) is 6.61. The molecule has 0 saturated carbocycles. The van der Waals surface area contributed by atoms with Crippen LogP contribution in [-0.2, 0) is 0 Å². The van der Waals surface area contributed by atoms with E-state index in [1.807, 2.05) is 19.0 Å². The second-order valence-electron chi connectivity index (χ2n) is 3.12. The average Bonchev–Trinajstić information content (AvgIpc) is 2.50. The minimum Gasteiger partial charge on any atom is -0.380 e. The fourth-order valence-electron chi connectivity index (χ4n) is 0.883. The van der Waals surface area contributed by atoms with E-state index in [0.29, 0.717) is 6.54 Å². The summed E-state index contributed by atoms with van der Waals surface area (Å²) in [7, 11) is 3.85. The van der Waals surface area contributed by atoms with Crippen LogP contribution in [0.3, 0.4) is 0 Å². The van der Waals surface area contributed by atoms with Crippen LogP contribution in [0.15, 0.2) is 0 Å². The van der Waals surface area contributed by atoms with E-state index in [4.69, 9.17) is 5.73 Å². The van der Waals surface area contributed by atoms with E-state index >= 15 is 0 Å². The third-order valence-electron chi connectivity index (χ3n) is 1.63. The highest BCUT2D eigenvalue weighted by atomic mass is 16.2. The van der Waals surface area contributed by atoms with Crippen LogP contribution in [0.5, 0.6) is 0 Å². The molecule has 78 valence electrons. The number of likely N-dealkylation sites (N-methyl/N-ethyl adjacent to an activating group) is 1. The molecule has 1 heterocycles. The van der Waals surface area contributed by atoms with Gasteiger partial charge in [0, 0.05) is 13.1 Å². The SMILES string of the molecule is CN(C)CCNC(=O)c1n[nH]nc1N. The molecule has 0 aliphatic heterocycles. The molecule has 0 fully saturated rings. The number of nitrogen functional groups attached to an aromatic ring is 1. The molecule has 1 amide bonds. The van der Waals surface area contributed by atoms with Crippen LogP contribution in [0.1, 0.15) is 10.5 Å². The van der Waals surface area contributed by atoms with E-state index in [1.165, 1.54) is 0 Å². The van der Waals surface area contributed by atoms with Crippen LogP contribution in [0.4, 0.5) is 5.82 Å². The van der Waals surface area contributed by atoms with Crippen LogP contribution in [0.2, 0.25) is 0 Å². The molecule has 1 rings (SSSR count). The number of nitrogens with one attached hydrogen (secondary N) is 2. The molecule has 0 aliphatic carbocycles. The number of H-pyrrole nitrogens is 1. The number of nitrogens with two attached hydrogens (primary N) is 1. The first-order valence-electron chi connectivity index (χ1n) is 4.20. The molecule has 0 atom stereocenters. The number of nitrogens with zero attached hydrogens (tertiary/aromatic N) is 3. The monoisotopic (exact) mass is 198 g/mol. The van der Waals surface area contributed by atoms with Crippen molar-refractivity contribution in [2.75, 3.05) is 32.9 Å². The zero-order valence-electron chi connectivity index (χ0n) is 8.24. The summed E-state index contributed by atoms with van der Waals surface area (Å²) in [6.07, 6.45) is 0. The summed E-state index contributed by atoms with van der Waals surface area (Å²) in [5, 5.41) is 12.1. The molecule has 0 bridgehead atoms. The summed E-state index contributed by atoms with van der Waals surface area (Å²) < 4.78 is 0. The van der Waals surface area contributed by atoms with Crippen LogP contribution in [-0.4, -0.2) is 53.4 Å². The Hall–Kier alpha value is -1.63. The van der Waals surface area contributed by atoms with Gasteiger partial charge in [-0.2, -0.15) is 5.21 Å². The molecule has 14 heavy (non-hydrogen) atoms. The quantitative estimate of drug-likeness (QED) is 0.557. The Morgan fingerprint density at radius 1 is 1.57 bits per heavy atom. The third-order valence-corrected chi connectivity index (χ3v) is 1.63. The number of amides is 1. The number of hydrogen-bond donors (Lipinski definition) is 3. The predicted octanol–water partition coefficient (Wildman–Crippen LogP) is -1.32. The van der Waals surface area contributed by atoms with E-state index in [9.17, 15) is 4.79 Å². The lowest BCUT2D eigenvalue weighted by Crippen LogP contribution is -2.31. The van der Waals surface area contributed by atoms with Crippen LogP contribution in [0.25, 0.3) is 0 Å². The summed E-state index contributed by atoms with van der Waals surface area (Å²) >= 11 is 0. The van der Waals surface area contributed by atoms with Crippen molar-refractivity contribution >= 4 is 11.7 Å². The lowest BCUT2D eigenvalue weighted by Gasteiger charge is -2.09. The molecule has 0 radical (unpaired) electrons. The van der Waals surface area contributed by atoms with Crippen molar-refractivity contribution in [2.24, 2.45) is 0 Å². The molecular weight excluding hydrogens is 184 g/mol. The van der Waals surface area contributed by atoms with Crippen molar-refractivity contribution in [3.05, 3.63) is 5.69 Å². The van der Waals surface area contributed by atoms with Gasteiger partial charge in [-0.1, -0.05) is 0 Å². The Morgan fingerprint density at radius 3 is 2.79 bits per heavy atom. The Labute approximate surface area is 81.7 Å². The molecule has 1 aromatic rings. The standard InChI is InChI=1S/C7H14N6O/c1-13(2)4-3-9-7(14)5-6(8)11-12-10-5/h3-4H2,1-2H3,(H,9,14)(H3,8,10,11,12). The Morgan fingerprint density at radius 2 is 2.29 bits per heavy atom. The number of anilines is 1. The van der Waals surface area contributed by atoms with Gasteiger partial charge in [0.1, 0.15) is 0 Å². The predicted molar refractivity (Wildman–Crippen MR) is 51.7 cm³/mol. The van der Waals surface area contributed by atoms with Gasteiger partial charge in [0.2, 0.25) is 0 Å². The van der Waals surface area contributed by atoms with Gasteiger partial charge in [0.05, 0.1) is 0 Å². The van der Waals surface area contributed by atoms with E-state index in [0.717, 1.165) is 6.54 Å². The second kappa shape index (κ2) is 4.56. The van der Waals surface area contributed by atoms with Gasteiger partial charge in [0.15, 0.2) is 11.5 Å². The Bertz CT molecular complexity index is 307. The molecule has 0 unspecified atom stereocenters. The van der Waals surface area contributed by atoms with Crippen LogP contribution in [0, 0.1) is 0 Å². The normalized spacial score (nSPS) is 10.5. The van der Waals surface area contributed by atoms with Gasteiger partial charge in [-0.25, -0.2) is 0 Å². The number of aromatic amines is 1. The van der Waals surface area contributed by atoms with Gasteiger partial charge < -0.3 is 16.0 Å². The van der Waals surface area contributed by atoms with Crippen molar-refractivity contribution in [3.63, 3.8) is 0 Å². The first-order valence-corrected chi connectivity index (χ1v) is 4.20. The van der Waals surface area contributed by atoms with Crippen molar-refractivity contribution in [1.82, 2.24) is 25.6 Å². The van der Waals surface area contributed by atoms with Crippen LogP contribution < -0.4 is 11.1 Å². The van der Waals surface area contributed by atoms with Gasteiger partial charge >= 0.3 is 0 Å². The average molecular weight is 198 g/mol. The van der Waals surface area contributed by atoms with Crippen LogP contribution >= 0.6 is 0 Å². The Balaban J connectivity index is 2.40. The fourth-order valence-corrected chi connectivity index (χ4v) is 0.883. The molecule has 4 N–H and O–H groups in total. The lowest BCUT2D eigenvalue weighted by molar-refractivity contribution is 0.0947. The second-order valence-corrected chi connectivity index (χ2v) is 3.12. The highest BCUT2D eigenvalue weighted by Crippen LogP contribution is 2.00. The number of aromatic nitrogens is 3. The number of carbonyl (C=O) groups is 1. The van der Waals surface area contributed by atoms with E-state index in [-0.39, 0.29) is 17.4 Å². The molecule has 0 spiro atoms. The van der Waals surface area contributed by atoms with Crippen molar-refractivity contribution in [3.8, 4) is 0 Å². The highest BCUT2D eigenvalue weighted by molar-refractivity contribution is 5.96. The maximum absolute atomic E-state index is 11.4. The zero-order chi connectivity index (χ0) is 10.6. The van der Waals surface area contributed by atoms with E-state index in [1.54, 1.807) is 0 Å². The van der Waals surface area contributed by atoms with Gasteiger partial charge in [-0.15, -0.1) is 10.2 Å². The third kappa shape index (κ3) is 2.70. The fraction of sp³-hybridized carbons (Fsp3) is 0.571. The summed E-state index contributed by atoms with van der Waals surface area (Å²) in [5.41, 5.74) is 5.54. The summed E-state index contributed by atoms with van der Waals surface area (Å²) in [5.74, 6) is -0.189. The number of rotatable bonds is 4. The minimum atomic E-state index is -0.307.